The standard InChI is InChI=1S/C36H33FO10/c1-20(2)33(38)44-29-14-11-26(17-32(29)46-34(39)21(3)4)27-12-9-24(15-28(27)37)25-10-13-30(45-35(40)22(5)18-42-7)31(16-25)47-36(41)23(6)19-43-8/h9-17H,1,3,5-6,18-19H2,2,4,7-8H3. The average molecular weight is 645 g/mol. The summed E-state index contributed by atoms with van der Waals surface area (Å²) < 4.78 is 47.0. The van der Waals surface area contributed by atoms with Crippen LogP contribution >= 0.6 is 0 Å². The Balaban J connectivity index is 2.02. The van der Waals surface area contributed by atoms with Crippen molar-refractivity contribution in [3.63, 3.8) is 0 Å². The van der Waals surface area contributed by atoms with Gasteiger partial charge in [0.15, 0.2) is 23.0 Å². The van der Waals surface area contributed by atoms with E-state index in [-0.39, 0.29) is 64.1 Å². The molecule has 0 N–H and O–H groups in total. The summed E-state index contributed by atoms with van der Waals surface area (Å²) in [6, 6.07) is 12.8. The van der Waals surface area contributed by atoms with E-state index < -0.39 is 29.7 Å². The molecule has 0 amide bonds. The Morgan fingerprint density at radius 2 is 0.936 bits per heavy atom. The van der Waals surface area contributed by atoms with E-state index in [0.29, 0.717) is 16.7 Å². The van der Waals surface area contributed by atoms with Crippen LogP contribution in [-0.4, -0.2) is 51.3 Å². The molecule has 0 heterocycles. The number of esters is 4. The largest absolute Gasteiger partial charge is 0.419 e. The molecule has 0 fully saturated rings. The van der Waals surface area contributed by atoms with Crippen molar-refractivity contribution in [3.8, 4) is 45.3 Å². The first-order chi connectivity index (χ1) is 22.2. The van der Waals surface area contributed by atoms with Crippen molar-refractivity contribution < 1.29 is 52.0 Å². The zero-order chi connectivity index (χ0) is 34.8. The van der Waals surface area contributed by atoms with Gasteiger partial charge in [-0.05, 0) is 60.9 Å². The fraction of sp³-hybridized carbons (Fsp3) is 0.167. The van der Waals surface area contributed by atoms with E-state index in [1.165, 1.54) is 76.6 Å². The number of ether oxygens (including phenoxy) is 6. The quantitative estimate of drug-likeness (QED) is 0.112. The van der Waals surface area contributed by atoms with Gasteiger partial charge in [-0.15, -0.1) is 0 Å². The second-order valence-corrected chi connectivity index (χ2v) is 10.2. The Kier molecular flexibility index (Phi) is 12.3. The fourth-order valence-corrected chi connectivity index (χ4v) is 3.80. The molecule has 3 aromatic rings. The Hall–Kier alpha value is -5.65. The molecule has 0 saturated carbocycles. The summed E-state index contributed by atoms with van der Waals surface area (Å²) in [5.41, 5.74) is 1.46. The van der Waals surface area contributed by atoms with Gasteiger partial charge in [-0.2, -0.15) is 0 Å². The topological polar surface area (TPSA) is 124 Å². The minimum Gasteiger partial charge on any atom is -0.419 e. The highest BCUT2D eigenvalue weighted by atomic mass is 19.1. The summed E-state index contributed by atoms with van der Waals surface area (Å²) in [7, 11) is 2.77. The van der Waals surface area contributed by atoms with Crippen LogP contribution in [0.3, 0.4) is 0 Å². The number of methoxy groups -OCH3 is 2. The molecule has 0 spiro atoms. The highest BCUT2D eigenvalue weighted by Crippen LogP contribution is 2.38. The van der Waals surface area contributed by atoms with Crippen molar-refractivity contribution in [2.45, 2.75) is 13.8 Å². The van der Waals surface area contributed by atoms with Crippen molar-refractivity contribution in [1.29, 1.82) is 0 Å². The van der Waals surface area contributed by atoms with Crippen molar-refractivity contribution in [1.82, 2.24) is 0 Å². The number of carbonyl (C=O) groups excluding carboxylic acids is 4. The summed E-state index contributed by atoms with van der Waals surface area (Å²) >= 11 is 0. The normalized spacial score (nSPS) is 10.4. The number of benzene rings is 3. The smallest absolute Gasteiger partial charge is 0.341 e. The molecule has 3 rings (SSSR count). The third-order valence-electron chi connectivity index (χ3n) is 6.22. The lowest BCUT2D eigenvalue weighted by Crippen LogP contribution is -2.17. The first-order valence-corrected chi connectivity index (χ1v) is 13.9. The molecule has 0 aliphatic rings. The number of hydrogen-bond acceptors (Lipinski definition) is 10. The SMILES string of the molecule is C=C(C)C(=O)Oc1ccc(-c2ccc(-c3ccc(OC(=O)C(=C)COC)c(OC(=O)C(=C)COC)c3)cc2F)cc1OC(=O)C(=C)C. The van der Waals surface area contributed by atoms with E-state index in [2.05, 4.69) is 26.3 Å². The third kappa shape index (κ3) is 9.42. The first kappa shape index (κ1) is 35.8. The second kappa shape index (κ2) is 16.1. The molecule has 0 saturated heterocycles. The van der Waals surface area contributed by atoms with Crippen LogP contribution < -0.4 is 18.9 Å². The Morgan fingerprint density at radius 3 is 1.40 bits per heavy atom. The predicted octanol–water partition coefficient (Wildman–Crippen LogP) is 6.34. The van der Waals surface area contributed by atoms with Gasteiger partial charge in [-0.3, -0.25) is 0 Å². The van der Waals surface area contributed by atoms with E-state index in [1.54, 1.807) is 6.07 Å². The molecule has 11 heteroatoms. The molecule has 0 aliphatic carbocycles. The summed E-state index contributed by atoms with van der Waals surface area (Å²) in [4.78, 5) is 49.5. The van der Waals surface area contributed by atoms with Crippen LogP contribution in [0.4, 0.5) is 4.39 Å². The molecular weight excluding hydrogens is 611 g/mol. The van der Waals surface area contributed by atoms with E-state index in [4.69, 9.17) is 28.4 Å². The molecule has 47 heavy (non-hydrogen) atoms. The van der Waals surface area contributed by atoms with Gasteiger partial charge in [0, 0.05) is 30.9 Å². The lowest BCUT2D eigenvalue weighted by molar-refractivity contribution is -0.133. The minimum absolute atomic E-state index is 0.00285. The molecule has 0 aliphatic heterocycles. The average Bonchev–Trinajstić information content (AvgIpc) is 3.02. The monoisotopic (exact) mass is 644 g/mol. The van der Waals surface area contributed by atoms with Gasteiger partial charge in [-0.25, -0.2) is 23.6 Å². The molecule has 3 aromatic carbocycles. The van der Waals surface area contributed by atoms with Gasteiger partial charge in [0.25, 0.3) is 0 Å². The van der Waals surface area contributed by atoms with Crippen LogP contribution in [0.1, 0.15) is 13.8 Å². The molecule has 0 aromatic heterocycles. The van der Waals surface area contributed by atoms with Crippen molar-refractivity contribution in [3.05, 3.63) is 109 Å². The summed E-state index contributed by atoms with van der Waals surface area (Å²) in [6.07, 6.45) is 0. The predicted molar refractivity (Wildman–Crippen MR) is 171 cm³/mol. The summed E-state index contributed by atoms with van der Waals surface area (Å²) in [5.74, 6) is -4.27. The minimum atomic E-state index is -0.834. The van der Waals surface area contributed by atoms with E-state index in [0.717, 1.165) is 0 Å². The van der Waals surface area contributed by atoms with Gasteiger partial charge in [0.05, 0.1) is 24.4 Å². The molecule has 0 unspecified atom stereocenters. The molecular formula is C36H33FO10. The number of rotatable bonds is 14. The lowest BCUT2D eigenvalue weighted by Gasteiger charge is -2.15. The van der Waals surface area contributed by atoms with Crippen LogP contribution in [0.5, 0.6) is 23.0 Å². The van der Waals surface area contributed by atoms with Crippen molar-refractivity contribution >= 4 is 23.9 Å². The third-order valence-corrected chi connectivity index (χ3v) is 6.22. The van der Waals surface area contributed by atoms with E-state index in [9.17, 15) is 19.2 Å². The Morgan fingerprint density at radius 1 is 0.553 bits per heavy atom. The number of hydrogen-bond donors (Lipinski definition) is 0. The molecule has 244 valence electrons. The zero-order valence-electron chi connectivity index (χ0n) is 26.4. The maximum absolute atomic E-state index is 15.7. The zero-order valence-corrected chi connectivity index (χ0v) is 26.4. The fourth-order valence-electron chi connectivity index (χ4n) is 3.80. The van der Waals surface area contributed by atoms with E-state index in [1.807, 2.05) is 0 Å². The summed E-state index contributed by atoms with van der Waals surface area (Å²) in [5, 5.41) is 0. The lowest BCUT2D eigenvalue weighted by atomic mass is 9.99. The molecule has 0 radical (unpaired) electrons. The van der Waals surface area contributed by atoms with Gasteiger partial charge < -0.3 is 28.4 Å². The maximum atomic E-state index is 15.7. The molecule has 0 bridgehead atoms. The van der Waals surface area contributed by atoms with Gasteiger partial charge >= 0.3 is 23.9 Å². The number of halogens is 1. The second-order valence-electron chi connectivity index (χ2n) is 10.2. The van der Waals surface area contributed by atoms with Crippen molar-refractivity contribution in [2.24, 2.45) is 0 Å². The van der Waals surface area contributed by atoms with Crippen LogP contribution in [0.15, 0.2) is 103 Å². The Labute approximate surface area is 271 Å². The highest BCUT2D eigenvalue weighted by molar-refractivity contribution is 5.93. The van der Waals surface area contributed by atoms with Crippen molar-refractivity contribution in [2.75, 3.05) is 27.4 Å². The Bertz CT molecular complexity index is 1790. The summed E-state index contributed by atoms with van der Waals surface area (Å²) in [6.45, 7) is 17.0. The maximum Gasteiger partial charge on any atom is 0.341 e. The van der Waals surface area contributed by atoms with Gasteiger partial charge in [0.2, 0.25) is 0 Å². The van der Waals surface area contributed by atoms with Gasteiger partial charge in [-0.1, -0.05) is 50.6 Å². The first-order valence-electron chi connectivity index (χ1n) is 13.9. The van der Waals surface area contributed by atoms with Crippen LogP contribution in [0, 0.1) is 5.82 Å². The van der Waals surface area contributed by atoms with Crippen LogP contribution in [0.25, 0.3) is 22.3 Å². The van der Waals surface area contributed by atoms with Crippen LogP contribution in [0.2, 0.25) is 0 Å². The highest BCUT2D eigenvalue weighted by Gasteiger charge is 2.20. The van der Waals surface area contributed by atoms with Gasteiger partial charge in [0.1, 0.15) is 5.82 Å². The molecule has 10 nitrogen and oxygen atoms in total. The molecule has 0 atom stereocenters. The number of carbonyl (C=O) groups is 4. The van der Waals surface area contributed by atoms with E-state index >= 15 is 4.39 Å². The van der Waals surface area contributed by atoms with Crippen LogP contribution in [-0.2, 0) is 28.7 Å².